The molecule has 0 spiro atoms. The van der Waals surface area contributed by atoms with E-state index in [-0.39, 0.29) is 11.8 Å². The summed E-state index contributed by atoms with van der Waals surface area (Å²) in [5.74, 6) is 0.272. The number of rotatable bonds is 6. The van der Waals surface area contributed by atoms with Crippen molar-refractivity contribution in [1.82, 2.24) is 4.90 Å². The van der Waals surface area contributed by atoms with Crippen LogP contribution < -0.4 is 9.64 Å². The van der Waals surface area contributed by atoms with Crippen molar-refractivity contribution in [3.63, 3.8) is 0 Å². The van der Waals surface area contributed by atoms with E-state index in [1.807, 2.05) is 55.5 Å². The zero-order valence-corrected chi connectivity index (χ0v) is 17.7. The molecule has 1 saturated heterocycles. The first-order chi connectivity index (χ1) is 14.6. The molecule has 0 N–H and O–H groups in total. The number of imide groups is 1. The minimum Gasteiger partial charge on any atom is -0.494 e. The topological polar surface area (TPSA) is 49.9 Å². The molecule has 0 atom stereocenters. The van der Waals surface area contributed by atoms with Crippen LogP contribution in [0.4, 0.5) is 5.69 Å². The Hall–Kier alpha value is -3.08. The highest BCUT2D eigenvalue weighted by atomic mass is 16.5. The van der Waals surface area contributed by atoms with E-state index in [0.29, 0.717) is 23.6 Å². The second kappa shape index (κ2) is 8.74. The molecule has 2 amide bonds. The molecule has 1 fully saturated rings. The summed E-state index contributed by atoms with van der Waals surface area (Å²) in [7, 11) is 0. The van der Waals surface area contributed by atoms with Gasteiger partial charge in [0.1, 0.15) is 11.4 Å². The van der Waals surface area contributed by atoms with Crippen molar-refractivity contribution in [2.24, 2.45) is 0 Å². The summed E-state index contributed by atoms with van der Waals surface area (Å²) in [6.45, 7) is 6.21. The summed E-state index contributed by atoms with van der Waals surface area (Å²) in [6, 6.07) is 15.1. The van der Waals surface area contributed by atoms with Crippen LogP contribution in [-0.2, 0) is 16.0 Å². The second-order valence-electron chi connectivity index (χ2n) is 7.69. The Bertz CT molecular complexity index is 955. The van der Waals surface area contributed by atoms with Gasteiger partial charge in [-0.1, -0.05) is 31.2 Å². The van der Waals surface area contributed by atoms with Gasteiger partial charge in [-0.2, -0.15) is 0 Å². The van der Waals surface area contributed by atoms with Crippen molar-refractivity contribution in [3.05, 3.63) is 65.4 Å². The standard InChI is InChI=1S/C25H28N2O3/c1-3-18-8-12-20(13-9-18)27-24(28)22(19-10-14-21(15-11-19)30-4-2)23(25(27)29)26-16-6-5-7-17-26/h8-15H,3-7,16-17H2,1-2H3. The molecule has 0 aliphatic carbocycles. The number of aryl methyl sites for hydroxylation is 1. The number of benzene rings is 2. The Morgan fingerprint density at radius 1 is 0.833 bits per heavy atom. The number of likely N-dealkylation sites (tertiary alicyclic amines) is 1. The molecule has 2 aromatic carbocycles. The van der Waals surface area contributed by atoms with Crippen LogP contribution in [0.5, 0.6) is 5.75 Å². The number of anilines is 1. The zero-order valence-electron chi connectivity index (χ0n) is 17.7. The Morgan fingerprint density at radius 2 is 1.50 bits per heavy atom. The monoisotopic (exact) mass is 404 g/mol. The van der Waals surface area contributed by atoms with Crippen molar-refractivity contribution < 1.29 is 14.3 Å². The van der Waals surface area contributed by atoms with Gasteiger partial charge >= 0.3 is 0 Å². The highest BCUT2D eigenvalue weighted by molar-refractivity contribution is 6.45. The van der Waals surface area contributed by atoms with Gasteiger partial charge in [-0.3, -0.25) is 9.59 Å². The Morgan fingerprint density at radius 3 is 2.10 bits per heavy atom. The van der Waals surface area contributed by atoms with Crippen LogP contribution in [0.25, 0.3) is 5.57 Å². The van der Waals surface area contributed by atoms with Gasteiger partial charge in [0, 0.05) is 13.1 Å². The van der Waals surface area contributed by atoms with Gasteiger partial charge < -0.3 is 9.64 Å². The van der Waals surface area contributed by atoms with E-state index in [1.165, 1.54) is 10.5 Å². The smallest absolute Gasteiger partial charge is 0.282 e. The highest BCUT2D eigenvalue weighted by Gasteiger charge is 2.42. The number of carbonyl (C=O) groups excluding carboxylic acids is 2. The third-order valence-corrected chi connectivity index (χ3v) is 5.79. The predicted octanol–water partition coefficient (Wildman–Crippen LogP) is 4.42. The van der Waals surface area contributed by atoms with Crippen LogP contribution in [-0.4, -0.2) is 36.4 Å². The average molecular weight is 405 g/mol. The number of piperidine rings is 1. The summed E-state index contributed by atoms with van der Waals surface area (Å²) in [5.41, 5.74) is 3.57. The maximum Gasteiger partial charge on any atom is 0.282 e. The van der Waals surface area contributed by atoms with E-state index in [4.69, 9.17) is 4.74 Å². The van der Waals surface area contributed by atoms with Crippen molar-refractivity contribution >= 4 is 23.1 Å². The van der Waals surface area contributed by atoms with E-state index in [9.17, 15) is 9.59 Å². The van der Waals surface area contributed by atoms with Crippen molar-refractivity contribution in [2.45, 2.75) is 39.5 Å². The number of hydrogen-bond acceptors (Lipinski definition) is 4. The van der Waals surface area contributed by atoms with Crippen molar-refractivity contribution in [1.29, 1.82) is 0 Å². The highest BCUT2D eigenvalue weighted by Crippen LogP contribution is 2.36. The molecule has 30 heavy (non-hydrogen) atoms. The molecule has 0 radical (unpaired) electrons. The lowest BCUT2D eigenvalue weighted by molar-refractivity contribution is -0.120. The van der Waals surface area contributed by atoms with E-state index in [2.05, 4.69) is 11.8 Å². The molecule has 2 aromatic rings. The maximum absolute atomic E-state index is 13.5. The number of nitrogens with zero attached hydrogens (tertiary/aromatic N) is 2. The molecule has 0 unspecified atom stereocenters. The third kappa shape index (κ3) is 3.72. The summed E-state index contributed by atoms with van der Waals surface area (Å²) in [5, 5.41) is 0. The van der Waals surface area contributed by atoms with Gasteiger partial charge in [-0.25, -0.2) is 4.90 Å². The van der Waals surface area contributed by atoms with Gasteiger partial charge in [-0.05, 0) is 68.0 Å². The van der Waals surface area contributed by atoms with E-state index < -0.39 is 0 Å². The van der Waals surface area contributed by atoms with E-state index in [0.717, 1.165) is 50.1 Å². The molecule has 0 bridgehead atoms. The largest absolute Gasteiger partial charge is 0.494 e. The summed E-state index contributed by atoms with van der Waals surface area (Å²) >= 11 is 0. The fraction of sp³-hybridized carbons (Fsp3) is 0.360. The first-order valence-corrected chi connectivity index (χ1v) is 10.8. The van der Waals surface area contributed by atoms with Gasteiger partial charge in [0.25, 0.3) is 11.8 Å². The molecule has 2 aliphatic heterocycles. The summed E-state index contributed by atoms with van der Waals surface area (Å²) in [6.07, 6.45) is 4.14. The molecule has 0 saturated carbocycles. The van der Waals surface area contributed by atoms with Crippen LogP contribution in [0.2, 0.25) is 0 Å². The lowest BCUT2D eigenvalue weighted by Gasteiger charge is -2.29. The van der Waals surface area contributed by atoms with Gasteiger partial charge in [0.05, 0.1) is 17.9 Å². The second-order valence-corrected chi connectivity index (χ2v) is 7.69. The van der Waals surface area contributed by atoms with E-state index >= 15 is 0 Å². The minimum atomic E-state index is -0.256. The normalized spacial score (nSPS) is 17.1. The lowest BCUT2D eigenvalue weighted by atomic mass is 10.0. The molecule has 0 aromatic heterocycles. The first kappa shape index (κ1) is 20.2. The fourth-order valence-corrected chi connectivity index (χ4v) is 4.19. The third-order valence-electron chi connectivity index (χ3n) is 5.79. The van der Waals surface area contributed by atoms with Gasteiger partial charge in [0.15, 0.2) is 0 Å². The molecule has 2 aliphatic rings. The molecular formula is C25H28N2O3. The SMILES string of the molecule is CCOc1ccc(C2=C(N3CCCCC3)C(=O)N(c3ccc(CC)cc3)C2=O)cc1. The summed E-state index contributed by atoms with van der Waals surface area (Å²) in [4.78, 5) is 30.5. The molecule has 5 heteroatoms. The molecule has 5 nitrogen and oxygen atoms in total. The van der Waals surface area contributed by atoms with Gasteiger partial charge in [0.2, 0.25) is 0 Å². The Balaban J connectivity index is 1.75. The Kier molecular flexibility index (Phi) is 5.88. The van der Waals surface area contributed by atoms with E-state index in [1.54, 1.807) is 0 Å². The molecule has 2 heterocycles. The number of hydrogen-bond donors (Lipinski definition) is 0. The maximum atomic E-state index is 13.5. The van der Waals surface area contributed by atoms with Crippen LogP contribution in [0.15, 0.2) is 54.2 Å². The minimum absolute atomic E-state index is 0.227. The molecular weight excluding hydrogens is 376 g/mol. The van der Waals surface area contributed by atoms with Crippen LogP contribution in [0, 0.1) is 0 Å². The Labute approximate surface area is 177 Å². The van der Waals surface area contributed by atoms with Crippen molar-refractivity contribution in [3.8, 4) is 5.75 Å². The molecule has 4 rings (SSSR count). The lowest BCUT2D eigenvalue weighted by Crippen LogP contribution is -2.37. The number of amides is 2. The summed E-state index contributed by atoms with van der Waals surface area (Å²) < 4.78 is 5.54. The first-order valence-electron chi connectivity index (χ1n) is 10.8. The quantitative estimate of drug-likeness (QED) is 0.669. The van der Waals surface area contributed by atoms with Gasteiger partial charge in [-0.15, -0.1) is 0 Å². The van der Waals surface area contributed by atoms with Crippen molar-refractivity contribution in [2.75, 3.05) is 24.6 Å². The number of carbonyl (C=O) groups is 2. The molecule has 156 valence electrons. The van der Waals surface area contributed by atoms with Crippen LogP contribution in [0.1, 0.15) is 44.2 Å². The van der Waals surface area contributed by atoms with Crippen LogP contribution in [0.3, 0.4) is 0 Å². The average Bonchev–Trinajstić information content (AvgIpc) is 3.05. The number of ether oxygens (including phenoxy) is 1. The van der Waals surface area contributed by atoms with Crippen LogP contribution >= 0.6 is 0 Å². The fourth-order valence-electron chi connectivity index (χ4n) is 4.19. The predicted molar refractivity (Wildman–Crippen MR) is 118 cm³/mol. The zero-order chi connectivity index (χ0) is 21.1.